The average molecular weight is 607 g/mol. The largest absolute Gasteiger partial charge is 0.493 e. The molecule has 0 saturated heterocycles. The highest BCUT2D eigenvalue weighted by molar-refractivity contribution is 5.51. The van der Waals surface area contributed by atoms with Gasteiger partial charge in [0.2, 0.25) is 0 Å². The van der Waals surface area contributed by atoms with Crippen molar-refractivity contribution in [2.75, 3.05) is 48.5 Å². The van der Waals surface area contributed by atoms with Crippen LogP contribution in [0.2, 0.25) is 0 Å². The van der Waals surface area contributed by atoms with E-state index >= 15 is 0 Å². The molecule has 0 radical (unpaired) electrons. The topological polar surface area (TPSA) is 43.4 Å². The van der Waals surface area contributed by atoms with Gasteiger partial charge in [-0.1, -0.05) is 30.3 Å². The van der Waals surface area contributed by atoms with Gasteiger partial charge in [0.15, 0.2) is 23.0 Å². The third-order valence-electron chi connectivity index (χ3n) is 9.86. The van der Waals surface area contributed by atoms with Crippen LogP contribution >= 0.6 is 0 Å². The zero-order valence-electron chi connectivity index (χ0n) is 27.8. The lowest BCUT2D eigenvalue weighted by Crippen LogP contribution is -2.33. The molecule has 2 heterocycles. The lowest BCUT2D eigenvalue weighted by Gasteiger charge is -2.35. The summed E-state index contributed by atoms with van der Waals surface area (Å²) in [7, 11) is 9.55. The van der Waals surface area contributed by atoms with Gasteiger partial charge in [0.05, 0.1) is 21.3 Å². The Morgan fingerprint density at radius 2 is 1.16 bits per heavy atom. The van der Waals surface area contributed by atoms with Gasteiger partial charge in [0.1, 0.15) is 5.75 Å². The van der Waals surface area contributed by atoms with Gasteiger partial charge in [-0.25, -0.2) is 0 Å². The molecule has 4 aromatic carbocycles. The van der Waals surface area contributed by atoms with Crippen LogP contribution in [0, 0.1) is 13.8 Å². The number of fused-ring (bicyclic) bond motifs is 2. The highest BCUT2D eigenvalue weighted by Gasteiger charge is 2.28. The summed E-state index contributed by atoms with van der Waals surface area (Å²) in [6.07, 6.45) is 3.88. The summed E-state index contributed by atoms with van der Waals surface area (Å²) in [5.74, 6) is 3.83. The number of benzene rings is 4. The van der Waals surface area contributed by atoms with Crippen molar-refractivity contribution < 1.29 is 18.9 Å². The minimum absolute atomic E-state index is 0.230. The molecule has 0 unspecified atom stereocenters. The fourth-order valence-corrected chi connectivity index (χ4v) is 7.03. The molecule has 0 saturated carbocycles. The number of nitrogens with zero attached hydrogens (tertiary/aromatic N) is 2. The Labute approximate surface area is 268 Å². The van der Waals surface area contributed by atoms with Gasteiger partial charge in [-0.15, -0.1) is 0 Å². The fourth-order valence-electron chi connectivity index (χ4n) is 7.03. The smallest absolute Gasteiger partial charge is 0.169 e. The molecule has 2 atom stereocenters. The van der Waals surface area contributed by atoms with E-state index in [2.05, 4.69) is 98.4 Å². The zero-order chi connectivity index (χ0) is 31.7. The van der Waals surface area contributed by atoms with Crippen molar-refractivity contribution in [2.24, 2.45) is 0 Å². The van der Waals surface area contributed by atoms with E-state index in [9.17, 15) is 0 Å². The Balaban J connectivity index is 1.21. The van der Waals surface area contributed by atoms with Gasteiger partial charge in [-0.05, 0) is 135 Å². The molecule has 0 amide bonds. The van der Waals surface area contributed by atoms with Crippen LogP contribution in [0.4, 0.5) is 0 Å². The predicted octanol–water partition coefficient (Wildman–Crippen LogP) is 7.66. The molecule has 6 heteroatoms. The van der Waals surface area contributed by atoms with Gasteiger partial charge in [0, 0.05) is 25.2 Å². The molecule has 0 spiro atoms. The number of likely N-dealkylation sites (N-methyl/N-ethyl adjacent to an activating group) is 2. The van der Waals surface area contributed by atoms with E-state index in [0.717, 1.165) is 67.5 Å². The van der Waals surface area contributed by atoms with Crippen molar-refractivity contribution in [1.29, 1.82) is 0 Å². The Hall–Kier alpha value is -4.00. The average Bonchev–Trinajstić information content (AvgIpc) is 3.05. The molecule has 2 aliphatic rings. The maximum absolute atomic E-state index is 6.46. The van der Waals surface area contributed by atoms with Gasteiger partial charge in [-0.3, -0.25) is 9.80 Å². The zero-order valence-corrected chi connectivity index (χ0v) is 27.8. The maximum atomic E-state index is 6.46. The second-order valence-corrected chi connectivity index (χ2v) is 12.7. The molecule has 6 rings (SSSR count). The number of methoxy groups -OCH3 is 3. The highest BCUT2D eigenvalue weighted by Crippen LogP contribution is 2.40. The summed E-state index contributed by atoms with van der Waals surface area (Å²) >= 11 is 0. The van der Waals surface area contributed by atoms with Crippen LogP contribution in [0.5, 0.6) is 28.7 Å². The first-order valence-corrected chi connectivity index (χ1v) is 16.0. The maximum Gasteiger partial charge on any atom is 0.169 e. The number of rotatable bonds is 9. The van der Waals surface area contributed by atoms with E-state index < -0.39 is 0 Å². The molecule has 2 aliphatic heterocycles. The number of aryl methyl sites for hydroxylation is 2. The van der Waals surface area contributed by atoms with E-state index in [4.69, 9.17) is 18.9 Å². The summed E-state index contributed by atoms with van der Waals surface area (Å²) in [4.78, 5) is 4.91. The summed E-state index contributed by atoms with van der Waals surface area (Å²) in [5.41, 5.74) is 10.7. The molecule has 0 fully saturated rings. The lowest BCUT2D eigenvalue weighted by atomic mass is 9.86. The van der Waals surface area contributed by atoms with Crippen molar-refractivity contribution >= 4 is 0 Å². The van der Waals surface area contributed by atoms with E-state index in [1.54, 1.807) is 21.3 Å². The molecule has 236 valence electrons. The van der Waals surface area contributed by atoms with Crippen LogP contribution in [-0.4, -0.2) is 58.3 Å². The summed E-state index contributed by atoms with van der Waals surface area (Å²) in [5, 5.41) is 0. The minimum Gasteiger partial charge on any atom is -0.493 e. The third kappa shape index (κ3) is 6.40. The minimum atomic E-state index is 0.230. The van der Waals surface area contributed by atoms with E-state index in [1.807, 2.05) is 6.07 Å². The second kappa shape index (κ2) is 13.2. The number of hydrogen-bond donors (Lipinski definition) is 0. The molecule has 6 nitrogen and oxygen atoms in total. The fraction of sp³-hybridized carbons (Fsp3) is 0.385. The standard InChI is InChI=1S/C39H46N2O4/c1-25-17-29-13-15-40(3)34(32(29)18-26(25)2)21-28-11-12-36(37(22-28)42-5)45-31-10-8-9-27(19-31)20-35-33-24-39(44-7)38(43-6)23-30(33)14-16-41(35)4/h8-12,17-19,22-24,34-35H,13-16,20-21H2,1-7H3/t34-,35-/m1/s1. The molecular weight excluding hydrogens is 560 g/mol. The lowest BCUT2D eigenvalue weighted by molar-refractivity contribution is 0.228. The SMILES string of the molecule is COc1cc2c(cc1OC)[C@@H](Cc1cccc(Oc3ccc(C[C@@H]4c5cc(C)c(C)cc5CCN4C)cc3OC)c1)N(C)CC2. The third-order valence-corrected chi connectivity index (χ3v) is 9.86. The van der Waals surface area contributed by atoms with E-state index in [-0.39, 0.29) is 6.04 Å². The van der Waals surface area contributed by atoms with Crippen molar-refractivity contribution in [2.45, 2.75) is 51.6 Å². The molecule has 0 aliphatic carbocycles. The van der Waals surface area contributed by atoms with Gasteiger partial charge >= 0.3 is 0 Å². The van der Waals surface area contributed by atoms with Crippen LogP contribution in [-0.2, 0) is 25.7 Å². The first-order chi connectivity index (χ1) is 21.8. The molecular formula is C39H46N2O4. The number of hydrogen-bond acceptors (Lipinski definition) is 6. The molecule has 0 bridgehead atoms. The van der Waals surface area contributed by atoms with E-state index in [1.165, 1.54) is 44.5 Å². The normalized spacial score (nSPS) is 18.2. The van der Waals surface area contributed by atoms with Crippen LogP contribution in [0.1, 0.15) is 56.6 Å². The highest BCUT2D eigenvalue weighted by atomic mass is 16.5. The van der Waals surface area contributed by atoms with Gasteiger partial charge in [-0.2, -0.15) is 0 Å². The Bertz CT molecular complexity index is 1680. The second-order valence-electron chi connectivity index (χ2n) is 12.7. The van der Waals surface area contributed by atoms with Crippen LogP contribution < -0.4 is 18.9 Å². The van der Waals surface area contributed by atoms with Crippen LogP contribution in [0.15, 0.2) is 66.7 Å². The Kier molecular flexibility index (Phi) is 9.06. The molecule has 4 aromatic rings. The summed E-state index contributed by atoms with van der Waals surface area (Å²) in [6.45, 7) is 6.49. The molecule has 45 heavy (non-hydrogen) atoms. The summed E-state index contributed by atoms with van der Waals surface area (Å²) < 4.78 is 23.5. The van der Waals surface area contributed by atoms with Crippen molar-refractivity contribution in [3.8, 4) is 28.7 Å². The number of ether oxygens (including phenoxy) is 4. The van der Waals surface area contributed by atoms with Crippen molar-refractivity contribution in [3.63, 3.8) is 0 Å². The van der Waals surface area contributed by atoms with Crippen molar-refractivity contribution in [1.82, 2.24) is 9.80 Å². The van der Waals surface area contributed by atoms with Gasteiger partial charge < -0.3 is 18.9 Å². The summed E-state index contributed by atoms with van der Waals surface area (Å²) in [6, 6.07) is 24.4. The monoisotopic (exact) mass is 606 g/mol. The first-order valence-electron chi connectivity index (χ1n) is 16.0. The van der Waals surface area contributed by atoms with Crippen LogP contribution in [0.3, 0.4) is 0 Å². The quantitative estimate of drug-likeness (QED) is 0.195. The molecule has 0 N–H and O–H groups in total. The Morgan fingerprint density at radius 1 is 0.600 bits per heavy atom. The first kappa shape index (κ1) is 31.0. The van der Waals surface area contributed by atoms with Crippen molar-refractivity contribution in [3.05, 3.63) is 111 Å². The van der Waals surface area contributed by atoms with Crippen LogP contribution in [0.25, 0.3) is 0 Å². The van der Waals surface area contributed by atoms with Gasteiger partial charge in [0.25, 0.3) is 0 Å². The Morgan fingerprint density at radius 3 is 1.82 bits per heavy atom. The predicted molar refractivity (Wildman–Crippen MR) is 181 cm³/mol. The van der Waals surface area contributed by atoms with E-state index in [0.29, 0.717) is 6.04 Å². The molecule has 0 aromatic heterocycles.